The van der Waals surface area contributed by atoms with Crippen LogP contribution < -0.4 is 0 Å². The summed E-state index contributed by atoms with van der Waals surface area (Å²) < 4.78 is 5.32. The number of nitrogens with zero attached hydrogens (tertiary/aromatic N) is 3. The van der Waals surface area contributed by atoms with Gasteiger partial charge >= 0.3 is 0 Å². The van der Waals surface area contributed by atoms with E-state index in [2.05, 4.69) is 9.88 Å². The second-order valence-electron chi connectivity index (χ2n) is 5.00. The summed E-state index contributed by atoms with van der Waals surface area (Å²) in [4.78, 5) is 17.1. The molecule has 1 aromatic heterocycles. The summed E-state index contributed by atoms with van der Waals surface area (Å²) in [6.45, 7) is 5.67. The van der Waals surface area contributed by atoms with Crippen LogP contribution in [-0.4, -0.2) is 52.3 Å². The predicted molar refractivity (Wildman–Crippen MR) is 72.5 cm³/mol. The molecule has 1 N–H and O–H groups in total. The molecular formula is C13H19N3O4. The molecular weight excluding hydrogens is 262 g/mol. The first kappa shape index (κ1) is 14.8. The molecule has 7 nitrogen and oxygen atoms in total. The summed E-state index contributed by atoms with van der Waals surface area (Å²) in [6, 6.07) is -0.0784. The van der Waals surface area contributed by atoms with Crippen LogP contribution >= 0.6 is 0 Å². The van der Waals surface area contributed by atoms with E-state index in [1.54, 1.807) is 13.8 Å². The summed E-state index contributed by atoms with van der Waals surface area (Å²) in [6.07, 6.45) is 1.54. The highest BCUT2D eigenvalue weighted by molar-refractivity contribution is 5.47. The highest BCUT2D eigenvalue weighted by Gasteiger charge is 2.25. The zero-order valence-corrected chi connectivity index (χ0v) is 11.7. The first-order chi connectivity index (χ1) is 9.54. The maximum absolute atomic E-state index is 11.1. The van der Waals surface area contributed by atoms with E-state index in [1.165, 1.54) is 6.20 Å². The number of rotatable bonds is 4. The van der Waals surface area contributed by atoms with E-state index in [0.29, 0.717) is 43.1 Å². The molecule has 110 valence electrons. The second kappa shape index (κ2) is 6.25. The molecule has 0 radical (unpaired) electrons. The Kier molecular flexibility index (Phi) is 4.64. The summed E-state index contributed by atoms with van der Waals surface area (Å²) >= 11 is 0. The third kappa shape index (κ3) is 2.95. The van der Waals surface area contributed by atoms with Crippen molar-refractivity contribution in [2.45, 2.75) is 26.4 Å². The maximum atomic E-state index is 11.1. The molecule has 1 saturated heterocycles. The second-order valence-corrected chi connectivity index (χ2v) is 5.00. The largest absolute Gasteiger partial charge is 0.395 e. The molecule has 0 spiro atoms. The normalized spacial score (nSPS) is 20.1. The van der Waals surface area contributed by atoms with E-state index in [9.17, 15) is 15.2 Å². The highest BCUT2D eigenvalue weighted by atomic mass is 16.6. The quantitative estimate of drug-likeness (QED) is 0.648. The molecule has 0 aromatic carbocycles. The monoisotopic (exact) mass is 281 g/mol. The van der Waals surface area contributed by atoms with E-state index in [0.717, 1.165) is 0 Å². The molecule has 7 heteroatoms. The third-order valence-corrected chi connectivity index (χ3v) is 3.67. The number of nitro groups is 1. The molecule has 2 heterocycles. The zero-order valence-electron chi connectivity index (χ0n) is 11.7. The first-order valence-electron chi connectivity index (χ1n) is 6.56. The molecule has 1 atom stereocenters. The molecule has 0 bridgehead atoms. The Morgan fingerprint density at radius 3 is 3.00 bits per heavy atom. The van der Waals surface area contributed by atoms with Crippen molar-refractivity contribution in [3.8, 4) is 0 Å². The first-order valence-corrected chi connectivity index (χ1v) is 6.56. The lowest BCUT2D eigenvalue weighted by Gasteiger charge is -2.34. The Morgan fingerprint density at radius 1 is 1.60 bits per heavy atom. The molecule has 1 aliphatic rings. The van der Waals surface area contributed by atoms with Gasteiger partial charge in [-0.2, -0.15) is 0 Å². The Labute approximate surface area is 117 Å². The van der Waals surface area contributed by atoms with Crippen molar-refractivity contribution in [1.29, 1.82) is 0 Å². The van der Waals surface area contributed by atoms with Gasteiger partial charge in [0, 0.05) is 30.4 Å². The van der Waals surface area contributed by atoms with E-state index in [-0.39, 0.29) is 23.3 Å². The number of hydrogen-bond donors (Lipinski definition) is 1. The van der Waals surface area contributed by atoms with Crippen LogP contribution in [0.2, 0.25) is 0 Å². The van der Waals surface area contributed by atoms with Crippen LogP contribution in [0.15, 0.2) is 6.20 Å². The Bertz CT molecular complexity index is 507. The SMILES string of the molecule is Cc1cnc(CN2CCOCC2CO)c(C)c1[N+](=O)[O-]. The number of aliphatic hydroxyl groups excluding tert-OH is 1. The van der Waals surface area contributed by atoms with Crippen molar-refractivity contribution in [2.75, 3.05) is 26.4 Å². The van der Waals surface area contributed by atoms with Gasteiger partial charge < -0.3 is 9.84 Å². The van der Waals surface area contributed by atoms with Gasteiger partial charge in [0.05, 0.1) is 36.5 Å². The van der Waals surface area contributed by atoms with Gasteiger partial charge in [-0.3, -0.25) is 20.0 Å². The fourth-order valence-corrected chi connectivity index (χ4v) is 2.46. The van der Waals surface area contributed by atoms with E-state index in [4.69, 9.17) is 4.74 Å². The van der Waals surface area contributed by atoms with Crippen LogP contribution in [0.1, 0.15) is 16.8 Å². The smallest absolute Gasteiger partial charge is 0.278 e. The maximum Gasteiger partial charge on any atom is 0.278 e. The van der Waals surface area contributed by atoms with E-state index in [1.807, 2.05) is 0 Å². The van der Waals surface area contributed by atoms with Crippen molar-refractivity contribution in [2.24, 2.45) is 0 Å². The number of morpholine rings is 1. The van der Waals surface area contributed by atoms with E-state index < -0.39 is 0 Å². The number of aromatic nitrogens is 1. The van der Waals surface area contributed by atoms with Crippen LogP contribution in [0.5, 0.6) is 0 Å². The summed E-state index contributed by atoms with van der Waals surface area (Å²) in [5, 5.41) is 20.5. The molecule has 1 aliphatic heterocycles. The van der Waals surface area contributed by atoms with Gasteiger partial charge in [0.15, 0.2) is 0 Å². The minimum Gasteiger partial charge on any atom is -0.395 e. The minimum atomic E-state index is -0.362. The number of ether oxygens (including phenoxy) is 1. The predicted octanol–water partition coefficient (Wildman–Crippen LogP) is 0.800. The molecule has 0 saturated carbocycles. The van der Waals surface area contributed by atoms with Crippen LogP contribution in [-0.2, 0) is 11.3 Å². The third-order valence-electron chi connectivity index (χ3n) is 3.67. The molecule has 0 amide bonds. The van der Waals surface area contributed by atoms with Gasteiger partial charge in [0.25, 0.3) is 5.69 Å². The number of pyridine rings is 1. The molecule has 0 aliphatic carbocycles. The van der Waals surface area contributed by atoms with Crippen molar-refractivity contribution in [3.05, 3.63) is 33.1 Å². The van der Waals surface area contributed by atoms with Gasteiger partial charge in [0.2, 0.25) is 0 Å². The standard InChI is InChI=1S/C13H19N3O4/c1-9-5-14-12(10(2)13(9)16(18)19)6-15-3-4-20-8-11(15)7-17/h5,11,17H,3-4,6-8H2,1-2H3. The van der Waals surface area contributed by atoms with Crippen molar-refractivity contribution in [1.82, 2.24) is 9.88 Å². The van der Waals surface area contributed by atoms with Gasteiger partial charge in [-0.15, -0.1) is 0 Å². The Balaban J connectivity index is 2.25. The lowest BCUT2D eigenvalue weighted by molar-refractivity contribution is -0.386. The van der Waals surface area contributed by atoms with Crippen LogP contribution in [0.4, 0.5) is 5.69 Å². The van der Waals surface area contributed by atoms with E-state index >= 15 is 0 Å². The molecule has 1 fully saturated rings. The fraction of sp³-hybridized carbons (Fsp3) is 0.615. The lowest BCUT2D eigenvalue weighted by atomic mass is 10.1. The number of aryl methyl sites for hydroxylation is 1. The molecule has 20 heavy (non-hydrogen) atoms. The van der Waals surface area contributed by atoms with Crippen molar-refractivity contribution < 1.29 is 14.8 Å². The molecule has 1 unspecified atom stereocenters. The van der Waals surface area contributed by atoms with Crippen LogP contribution in [0, 0.1) is 24.0 Å². The highest BCUT2D eigenvalue weighted by Crippen LogP contribution is 2.25. The number of hydrogen-bond acceptors (Lipinski definition) is 6. The summed E-state index contributed by atoms with van der Waals surface area (Å²) in [5.41, 5.74) is 1.97. The van der Waals surface area contributed by atoms with Crippen molar-refractivity contribution >= 4 is 5.69 Å². The average Bonchev–Trinajstić information content (AvgIpc) is 2.42. The lowest BCUT2D eigenvalue weighted by Crippen LogP contribution is -2.47. The molecule has 2 rings (SSSR count). The van der Waals surface area contributed by atoms with Crippen LogP contribution in [0.25, 0.3) is 0 Å². The van der Waals surface area contributed by atoms with Gasteiger partial charge in [-0.25, -0.2) is 0 Å². The zero-order chi connectivity index (χ0) is 14.7. The summed E-state index contributed by atoms with van der Waals surface area (Å²) in [5.74, 6) is 0. The summed E-state index contributed by atoms with van der Waals surface area (Å²) in [7, 11) is 0. The van der Waals surface area contributed by atoms with Crippen molar-refractivity contribution in [3.63, 3.8) is 0 Å². The Morgan fingerprint density at radius 2 is 2.35 bits per heavy atom. The number of aliphatic hydroxyl groups is 1. The molecule has 1 aromatic rings. The van der Waals surface area contributed by atoms with Crippen LogP contribution in [0.3, 0.4) is 0 Å². The topological polar surface area (TPSA) is 88.7 Å². The van der Waals surface area contributed by atoms with Gasteiger partial charge in [-0.05, 0) is 13.8 Å². The fourth-order valence-electron chi connectivity index (χ4n) is 2.46. The average molecular weight is 281 g/mol. The Hall–Kier alpha value is -1.57. The minimum absolute atomic E-state index is 0.00695. The van der Waals surface area contributed by atoms with Gasteiger partial charge in [-0.1, -0.05) is 0 Å². The van der Waals surface area contributed by atoms with Gasteiger partial charge in [0.1, 0.15) is 0 Å².